The van der Waals surface area contributed by atoms with Crippen LogP contribution in [0.15, 0.2) is 35.2 Å². The van der Waals surface area contributed by atoms with Gasteiger partial charge < -0.3 is 9.64 Å². The van der Waals surface area contributed by atoms with Gasteiger partial charge in [0.05, 0.1) is 24.9 Å². The summed E-state index contributed by atoms with van der Waals surface area (Å²) in [6.45, 7) is 1.02. The van der Waals surface area contributed by atoms with Crippen molar-refractivity contribution in [3.05, 3.63) is 56.9 Å². The maximum absolute atomic E-state index is 12.9. The molecule has 0 spiro atoms. The number of carbonyl (C=O) groups excluding carboxylic acids is 2. The zero-order valence-corrected chi connectivity index (χ0v) is 16.1. The van der Waals surface area contributed by atoms with Crippen molar-refractivity contribution in [3.63, 3.8) is 0 Å². The van der Waals surface area contributed by atoms with E-state index in [1.54, 1.807) is 34.7 Å². The fraction of sp³-hybridized carbons (Fsp3) is 0.222. The van der Waals surface area contributed by atoms with E-state index in [0.29, 0.717) is 41.6 Å². The average Bonchev–Trinajstić information content (AvgIpc) is 3.36. The molecule has 1 N–H and O–H groups in total. The number of thiophene rings is 1. The van der Waals surface area contributed by atoms with Crippen molar-refractivity contribution in [1.82, 2.24) is 14.9 Å². The summed E-state index contributed by atoms with van der Waals surface area (Å²) in [4.78, 5) is 36.4. The average molecular weight is 400 g/mol. The molecule has 9 heteroatoms. The van der Waals surface area contributed by atoms with E-state index < -0.39 is 0 Å². The Hall–Kier alpha value is -2.78. The van der Waals surface area contributed by atoms with Gasteiger partial charge in [0.1, 0.15) is 5.56 Å². The molecule has 0 aliphatic carbocycles. The smallest absolute Gasteiger partial charge is 0.259 e. The van der Waals surface area contributed by atoms with Gasteiger partial charge in [0, 0.05) is 29.4 Å². The third kappa shape index (κ3) is 3.56. The zero-order chi connectivity index (χ0) is 18.8. The molecule has 0 bridgehead atoms. The van der Waals surface area contributed by atoms with Crippen LogP contribution in [0.4, 0.5) is 5.13 Å². The lowest BCUT2D eigenvalue weighted by atomic mass is 10.1. The number of aromatic nitrogens is 2. The minimum absolute atomic E-state index is 0.122. The van der Waals surface area contributed by atoms with Crippen LogP contribution in [0.3, 0.4) is 0 Å². The molecule has 1 aliphatic rings. The quantitative estimate of drug-likeness (QED) is 0.728. The molecule has 0 saturated carbocycles. The van der Waals surface area contributed by atoms with Crippen molar-refractivity contribution in [2.45, 2.75) is 13.0 Å². The van der Waals surface area contributed by atoms with E-state index in [1.807, 2.05) is 5.38 Å². The summed E-state index contributed by atoms with van der Waals surface area (Å²) >= 11 is 2.88. The molecule has 3 aromatic heterocycles. The van der Waals surface area contributed by atoms with Gasteiger partial charge in [-0.25, -0.2) is 9.97 Å². The number of amides is 2. The number of carbonyl (C=O) groups is 2. The van der Waals surface area contributed by atoms with Gasteiger partial charge in [-0.05, 0) is 23.6 Å². The molecular weight excluding hydrogens is 384 g/mol. The number of thiazole rings is 1. The van der Waals surface area contributed by atoms with E-state index in [4.69, 9.17) is 4.74 Å². The second-order valence-electron chi connectivity index (χ2n) is 5.89. The van der Waals surface area contributed by atoms with Gasteiger partial charge in [-0.3, -0.25) is 14.9 Å². The second kappa shape index (κ2) is 7.45. The maximum Gasteiger partial charge on any atom is 0.259 e. The van der Waals surface area contributed by atoms with Crippen LogP contribution in [-0.4, -0.2) is 40.3 Å². The summed E-state index contributed by atoms with van der Waals surface area (Å²) in [5.41, 5.74) is 2.00. The van der Waals surface area contributed by atoms with Gasteiger partial charge in [-0.2, -0.15) is 11.3 Å². The summed E-state index contributed by atoms with van der Waals surface area (Å²) in [5.74, 6) is 0.0274. The van der Waals surface area contributed by atoms with E-state index in [9.17, 15) is 9.59 Å². The minimum atomic E-state index is -0.171. The third-order valence-electron chi connectivity index (χ3n) is 4.22. The number of ether oxygens (including phenoxy) is 1. The molecule has 0 atom stereocenters. The van der Waals surface area contributed by atoms with Crippen molar-refractivity contribution in [1.29, 1.82) is 0 Å². The number of methoxy groups -OCH3 is 1. The van der Waals surface area contributed by atoms with Crippen LogP contribution in [0.5, 0.6) is 5.88 Å². The van der Waals surface area contributed by atoms with Crippen LogP contribution in [0, 0.1) is 0 Å². The number of hydrogen-bond donors (Lipinski definition) is 1. The van der Waals surface area contributed by atoms with Crippen molar-refractivity contribution in [2.24, 2.45) is 0 Å². The van der Waals surface area contributed by atoms with E-state index in [1.165, 1.54) is 29.8 Å². The number of fused-ring (bicyclic) bond motifs is 1. The summed E-state index contributed by atoms with van der Waals surface area (Å²) < 4.78 is 5.19. The zero-order valence-electron chi connectivity index (χ0n) is 14.5. The van der Waals surface area contributed by atoms with E-state index >= 15 is 0 Å². The first-order valence-corrected chi connectivity index (χ1v) is 10.0. The summed E-state index contributed by atoms with van der Waals surface area (Å²) in [6, 6.07) is 5.20. The van der Waals surface area contributed by atoms with Crippen LogP contribution >= 0.6 is 22.7 Å². The maximum atomic E-state index is 12.9. The molecular formula is C18H16N4O3S2. The number of pyridine rings is 1. The van der Waals surface area contributed by atoms with E-state index in [0.717, 1.165) is 10.6 Å². The molecule has 3 aromatic rings. The Morgan fingerprint density at radius 2 is 2.22 bits per heavy atom. The highest BCUT2D eigenvalue weighted by Gasteiger charge is 2.27. The second-order valence-corrected chi connectivity index (χ2v) is 7.76. The van der Waals surface area contributed by atoms with Gasteiger partial charge in [-0.15, -0.1) is 0 Å². The normalized spacial score (nSPS) is 13.1. The number of nitrogens with one attached hydrogen (secondary N) is 1. The molecule has 0 radical (unpaired) electrons. The molecule has 4 heterocycles. The Morgan fingerprint density at radius 3 is 3.00 bits per heavy atom. The predicted octanol–water partition coefficient (Wildman–Crippen LogP) is 3.06. The van der Waals surface area contributed by atoms with Crippen LogP contribution in [-0.2, 0) is 13.0 Å². The van der Waals surface area contributed by atoms with Crippen LogP contribution < -0.4 is 10.1 Å². The highest BCUT2D eigenvalue weighted by molar-refractivity contribution is 7.16. The Kier molecular flexibility index (Phi) is 4.87. The van der Waals surface area contributed by atoms with E-state index in [2.05, 4.69) is 15.3 Å². The van der Waals surface area contributed by atoms with Crippen LogP contribution in [0.25, 0.3) is 0 Å². The first-order chi connectivity index (χ1) is 13.2. The molecule has 4 rings (SSSR count). The van der Waals surface area contributed by atoms with Crippen molar-refractivity contribution in [3.8, 4) is 5.88 Å². The van der Waals surface area contributed by atoms with Crippen molar-refractivity contribution < 1.29 is 14.3 Å². The largest absolute Gasteiger partial charge is 0.480 e. The lowest BCUT2D eigenvalue weighted by Gasteiger charge is -2.26. The number of rotatable bonds is 4. The van der Waals surface area contributed by atoms with Gasteiger partial charge in [0.25, 0.3) is 11.8 Å². The fourth-order valence-corrected chi connectivity index (χ4v) is 4.53. The van der Waals surface area contributed by atoms with Gasteiger partial charge in [-0.1, -0.05) is 11.3 Å². The van der Waals surface area contributed by atoms with Crippen molar-refractivity contribution >= 4 is 39.6 Å². The molecule has 138 valence electrons. The van der Waals surface area contributed by atoms with E-state index in [-0.39, 0.29) is 11.8 Å². The highest BCUT2D eigenvalue weighted by atomic mass is 32.1. The van der Waals surface area contributed by atoms with Crippen LogP contribution in [0.1, 0.15) is 31.3 Å². The topological polar surface area (TPSA) is 84.4 Å². The molecule has 1 aliphatic heterocycles. The standard InChI is InChI=1S/C18H16N4O3S2/c1-25-16-12(3-2-6-19-16)17(24)22-7-4-13-14(9-22)27-18(20-13)21-15(23)11-5-8-26-10-11/h2-3,5-6,8,10H,4,7,9H2,1H3,(H,20,21,23). The minimum Gasteiger partial charge on any atom is -0.480 e. The molecule has 0 unspecified atom stereocenters. The molecule has 0 saturated heterocycles. The summed E-state index contributed by atoms with van der Waals surface area (Å²) in [5, 5.41) is 7.05. The number of hydrogen-bond acceptors (Lipinski definition) is 7. The molecule has 2 amide bonds. The summed E-state index contributed by atoms with van der Waals surface area (Å²) in [7, 11) is 1.50. The van der Waals surface area contributed by atoms with Crippen molar-refractivity contribution in [2.75, 3.05) is 19.0 Å². The van der Waals surface area contributed by atoms with Gasteiger partial charge in [0.2, 0.25) is 5.88 Å². The lowest BCUT2D eigenvalue weighted by Crippen LogP contribution is -2.35. The third-order valence-corrected chi connectivity index (χ3v) is 5.90. The fourth-order valence-electron chi connectivity index (χ4n) is 2.87. The first-order valence-electron chi connectivity index (χ1n) is 8.26. The SMILES string of the molecule is COc1ncccc1C(=O)N1CCc2nc(NC(=O)c3ccsc3)sc2C1. The molecule has 27 heavy (non-hydrogen) atoms. The number of nitrogens with zero attached hydrogens (tertiary/aromatic N) is 3. The first kappa shape index (κ1) is 17.6. The molecule has 0 aromatic carbocycles. The lowest BCUT2D eigenvalue weighted by molar-refractivity contribution is 0.0731. The Balaban J connectivity index is 1.49. The molecule has 0 fully saturated rings. The Bertz CT molecular complexity index is 984. The monoisotopic (exact) mass is 400 g/mol. The predicted molar refractivity (Wildman–Crippen MR) is 104 cm³/mol. The Labute approximate surface area is 163 Å². The van der Waals surface area contributed by atoms with Gasteiger partial charge >= 0.3 is 0 Å². The highest BCUT2D eigenvalue weighted by Crippen LogP contribution is 2.30. The van der Waals surface area contributed by atoms with Crippen LogP contribution in [0.2, 0.25) is 0 Å². The molecule has 7 nitrogen and oxygen atoms in total. The Morgan fingerprint density at radius 1 is 1.33 bits per heavy atom. The number of anilines is 1. The summed E-state index contributed by atoms with van der Waals surface area (Å²) in [6.07, 6.45) is 2.24. The van der Waals surface area contributed by atoms with Gasteiger partial charge in [0.15, 0.2) is 5.13 Å².